The van der Waals surface area contributed by atoms with E-state index >= 15 is 0 Å². The highest BCUT2D eigenvalue weighted by atomic mass is 35.5. The predicted molar refractivity (Wildman–Crippen MR) is 182 cm³/mol. The number of aryl methyl sites for hydroxylation is 2. The van der Waals surface area contributed by atoms with Gasteiger partial charge in [-0.25, -0.2) is 14.6 Å². The molecule has 1 spiro atoms. The summed E-state index contributed by atoms with van der Waals surface area (Å²) in [6.45, 7) is 1.70. The van der Waals surface area contributed by atoms with Crippen molar-refractivity contribution in [2.45, 2.75) is 37.3 Å². The quantitative estimate of drug-likeness (QED) is 0.224. The van der Waals surface area contributed by atoms with Crippen LogP contribution in [0.25, 0.3) is 33.2 Å². The lowest BCUT2D eigenvalue weighted by Gasteiger charge is -2.50. The van der Waals surface area contributed by atoms with Crippen LogP contribution in [0.2, 0.25) is 10.0 Å². The molecule has 2 saturated heterocycles. The van der Waals surface area contributed by atoms with Gasteiger partial charge in [-0.15, -0.1) is 0 Å². The number of aromatic nitrogens is 4. The van der Waals surface area contributed by atoms with Crippen molar-refractivity contribution in [2.24, 2.45) is 7.05 Å². The summed E-state index contributed by atoms with van der Waals surface area (Å²) >= 11 is 14.2. The van der Waals surface area contributed by atoms with Gasteiger partial charge in [0.15, 0.2) is 0 Å². The molecule has 3 aliphatic rings. The molecule has 1 atom stereocenters. The Kier molecular flexibility index (Phi) is 7.20. The van der Waals surface area contributed by atoms with Crippen molar-refractivity contribution in [3.8, 4) is 28.3 Å². The molecule has 2 aliphatic heterocycles. The molecule has 0 saturated carbocycles. The summed E-state index contributed by atoms with van der Waals surface area (Å²) in [6, 6.07) is 15.5. The average Bonchev–Trinajstić information content (AvgIpc) is 3.67. The molecule has 0 unspecified atom stereocenters. The van der Waals surface area contributed by atoms with Gasteiger partial charge in [0, 0.05) is 66.4 Å². The number of pyridine rings is 2. The van der Waals surface area contributed by atoms with E-state index in [1.165, 1.54) is 10.2 Å². The Morgan fingerprint density at radius 1 is 1.02 bits per heavy atom. The lowest BCUT2D eigenvalue weighted by molar-refractivity contribution is -0.121. The van der Waals surface area contributed by atoms with E-state index in [4.69, 9.17) is 32.9 Å². The second-order valence-corrected chi connectivity index (χ2v) is 13.3. The third-order valence-corrected chi connectivity index (χ3v) is 10.5. The summed E-state index contributed by atoms with van der Waals surface area (Å²) in [5, 5.41) is 12.6. The summed E-state index contributed by atoms with van der Waals surface area (Å²) in [6.07, 6.45) is 6.63. The minimum Gasteiger partial charge on any atom is -0.481 e. The average molecular weight is 669 g/mol. The number of rotatable bonds is 6. The van der Waals surface area contributed by atoms with Crippen molar-refractivity contribution in [1.29, 1.82) is 0 Å². The first kappa shape index (κ1) is 29.9. The zero-order valence-electron chi connectivity index (χ0n) is 25.8. The summed E-state index contributed by atoms with van der Waals surface area (Å²) in [7, 11) is 3.26. The van der Waals surface area contributed by atoms with Gasteiger partial charge in [0.1, 0.15) is 5.82 Å². The van der Waals surface area contributed by atoms with Crippen LogP contribution in [0, 0.1) is 0 Å². The topological polar surface area (TPSA) is 114 Å². The fourth-order valence-electron chi connectivity index (χ4n) is 7.37. The molecule has 3 aromatic heterocycles. The summed E-state index contributed by atoms with van der Waals surface area (Å²) < 4.78 is 7.16. The SMILES string of the molecule is COc1nc(-c2cccc(-c3cccc(Nc4nccc5cnn(C)c(=O)c45)c3Cl)c2Cl)cc2c1[C@@H](N1CC3(CCC(=O)N3)C1)CC2. The second kappa shape index (κ2) is 11.3. The van der Waals surface area contributed by atoms with Crippen molar-refractivity contribution >= 4 is 51.4 Å². The lowest BCUT2D eigenvalue weighted by atomic mass is 9.86. The summed E-state index contributed by atoms with van der Waals surface area (Å²) in [5.74, 6) is 1.14. The van der Waals surface area contributed by atoms with Crippen molar-refractivity contribution < 1.29 is 9.53 Å². The molecule has 1 amide bonds. The maximum Gasteiger partial charge on any atom is 0.278 e. The molecule has 238 valence electrons. The van der Waals surface area contributed by atoms with Gasteiger partial charge in [0.05, 0.1) is 45.7 Å². The number of benzene rings is 2. The third kappa shape index (κ3) is 4.94. The molecule has 5 aromatic rings. The lowest BCUT2D eigenvalue weighted by Crippen LogP contribution is -2.67. The third-order valence-electron chi connectivity index (χ3n) is 9.69. The van der Waals surface area contributed by atoms with Gasteiger partial charge in [0.2, 0.25) is 11.8 Å². The van der Waals surface area contributed by atoms with Gasteiger partial charge in [-0.3, -0.25) is 14.5 Å². The second-order valence-electron chi connectivity index (χ2n) is 12.5. The number of carbonyl (C=O) groups excluding carboxylic acids is 1. The highest BCUT2D eigenvalue weighted by Crippen LogP contribution is 2.48. The first-order valence-corrected chi connectivity index (χ1v) is 16.3. The Morgan fingerprint density at radius 2 is 1.79 bits per heavy atom. The molecular weight excluding hydrogens is 637 g/mol. The number of halogens is 2. The Bertz CT molecular complexity index is 2160. The van der Waals surface area contributed by atoms with E-state index in [9.17, 15) is 9.59 Å². The Labute approximate surface area is 280 Å². The number of anilines is 2. The van der Waals surface area contributed by atoms with Crippen molar-refractivity contribution in [1.82, 2.24) is 30.0 Å². The molecular formula is C35H31Cl2N7O3. The fraction of sp³-hybridized carbons (Fsp3) is 0.286. The Balaban J connectivity index is 1.12. The van der Waals surface area contributed by atoms with Gasteiger partial charge in [-0.1, -0.05) is 53.5 Å². The molecule has 10 nitrogen and oxygen atoms in total. The number of nitrogens with one attached hydrogen (secondary N) is 2. The zero-order valence-corrected chi connectivity index (χ0v) is 27.3. The highest BCUT2D eigenvalue weighted by Gasteiger charge is 2.51. The minimum atomic E-state index is -0.263. The smallest absolute Gasteiger partial charge is 0.278 e. The molecule has 47 heavy (non-hydrogen) atoms. The van der Waals surface area contributed by atoms with E-state index in [0.717, 1.165) is 60.3 Å². The van der Waals surface area contributed by atoms with E-state index in [2.05, 4.69) is 31.7 Å². The fourth-order valence-corrected chi connectivity index (χ4v) is 7.97. The normalized spacial score (nSPS) is 18.3. The number of likely N-dealkylation sites (tertiary alicyclic amines) is 1. The van der Waals surface area contributed by atoms with Crippen LogP contribution in [0.3, 0.4) is 0 Å². The van der Waals surface area contributed by atoms with Crippen LogP contribution < -0.4 is 20.9 Å². The number of amides is 1. The van der Waals surface area contributed by atoms with Gasteiger partial charge in [-0.2, -0.15) is 5.10 Å². The van der Waals surface area contributed by atoms with E-state index in [0.29, 0.717) is 44.6 Å². The molecule has 2 fully saturated rings. The number of nitrogens with zero attached hydrogens (tertiary/aromatic N) is 5. The van der Waals surface area contributed by atoms with Gasteiger partial charge in [0.25, 0.3) is 5.56 Å². The minimum absolute atomic E-state index is 0.0809. The van der Waals surface area contributed by atoms with E-state index in [1.54, 1.807) is 32.6 Å². The maximum atomic E-state index is 12.9. The zero-order chi connectivity index (χ0) is 32.4. The standard InChI is InChI=1S/C35H31Cl2N7O3/c1-43-34(46)29-20(16-39-43)12-14-38-32(29)40-24-8-4-6-22(31(24)37)21-5-3-7-23(30(21)36)25-15-19-9-10-26(28(19)33(41-25)47-2)44-17-35(18-44)13-11-27(45)42-35/h3-8,12,14-16,26H,9-11,13,17-18H2,1-2H3,(H,38,40)(H,42,45)/t26-/m0/s1. The monoisotopic (exact) mass is 667 g/mol. The van der Waals surface area contributed by atoms with E-state index < -0.39 is 0 Å². The van der Waals surface area contributed by atoms with Crippen molar-refractivity contribution in [2.75, 3.05) is 25.5 Å². The van der Waals surface area contributed by atoms with E-state index in [-0.39, 0.29) is 23.0 Å². The number of hydrogen-bond acceptors (Lipinski definition) is 8. The van der Waals surface area contributed by atoms with Crippen LogP contribution in [0.1, 0.15) is 36.4 Å². The Morgan fingerprint density at radius 3 is 2.55 bits per heavy atom. The van der Waals surface area contributed by atoms with E-state index in [1.807, 2.05) is 36.4 Å². The number of ether oxygens (including phenoxy) is 1. The first-order chi connectivity index (χ1) is 22.7. The highest BCUT2D eigenvalue weighted by molar-refractivity contribution is 6.39. The van der Waals surface area contributed by atoms with Crippen molar-refractivity contribution in [3.63, 3.8) is 0 Å². The van der Waals surface area contributed by atoms with Crippen LogP contribution in [0.15, 0.2) is 65.7 Å². The molecule has 2 N–H and O–H groups in total. The summed E-state index contributed by atoms with van der Waals surface area (Å²) in [4.78, 5) is 36.6. The molecule has 5 heterocycles. The molecule has 0 bridgehead atoms. The van der Waals surface area contributed by atoms with Crippen molar-refractivity contribution in [3.05, 3.63) is 92.5 Å². The Hall–Kier alpha value is -4.51. The van der Waals surface area contributed by atoms with Crippen LogP contribution in [0.4, 0.5) is 11.5 Å². The molecule has 12 heteroatoms. The first-order valence-electron chi connectivity index (χ1n) is 15.5. The largest absolute Gasteiger partial charge is 0.481 e. The van der Waals surface area contributed by atoms with Gasteiger partial charge >= 0.3 is 0 Å². The van der Waals surface area contributed by atoms with Gasteiger partial charge in [-0.05, 0) is 43.0 Å². The number of hydrogen-bond donors (Lipinski definition) is 2. The molecule has 0 radical (unpaired) electrons. The number of methoxy groups -OCH3 is 1. The van der Waals surface area contributed by atoms with Crippen LogP contribution in [-0.2, 0) is 18.3 Å². The van der Waals surface area contributed by atoms with Gasteiger partial charge < -0.3 is 15.4 Å². The van der Waals surface area contributed by atoms with Crippen LogP contribution >= 0.6 is 23.2 Å². The molecule has 2 aromatic carbocycles. The number of carbonyl (C=O) groups is 1. The summed E-state index contributed by atoms with van der Waals surface area (Å²) in [5.41, 5.74) is 5.52. The number of fused-ring (bicyclic) bond motifs is 2. The molecule has 1 aliphatic carbocycles. The predicted octanol–water partition coefficient (Wildman–Crippen LogP) is 6.07. The van der Waals surface area contributed by atoms with Crippen LogP contribution in [0.5, 0.6) is 5.88 Å². The van der Waals surface area contributed by atoms with Crippen LogP contribution in [-0.4, -0.2) is 56.3 Å². The molecule has 8 rings (SSSR count). The maximum absolute atomic E-state index is 12.9.